The summed E-state index contributed by atoms with van der Waals surface area (Å²) < 4.78 is 80.8. The van der Waals surface area contributed by atoms with Crippen LogP contribution < -0.4 is 15.2 Å². The number of alkyl halides is 3. The normalized spacial score (nSPS) is 15.1. The lowest BCUT2D eigenvalue weighted by atomic mass is 10.1. The minimum Gasteiger partial charge on any atom is -0.473 e. The molecule has 0 fully saturated rings. The summed E-state index contributed by atoms with van der Waals surface area (Å²) in [6.45, 7) is 0.878. The number of ether oxygens (including phenoxy) is 2. The SMILES string of the molecule is Cc1ccc(Oc2c(F)cc(COc3cc(C4=CCC#C[C@H](O)C=C4)n(C)c(=O)n3)cc2F)cc1C(F)(F)F. The van der Waals surface area contributed by atoms with Gasteiger partial charge >= 0.3 is 11.9 Å². The van der Waals surface area contributed by atoms with E-state index in [1.807, 2.05) is 0 Å². The maximum absolute atomic E-state index is 14.7. The van der Waals surface area contributed by atoms with Crippen molar-refractivity contribution in [3.05, 3.63) is 99.1 Å². The van der Waals surface area contributed by atoms with E-state index in [2.05, 4.69) is 16.8 Å². The summed E-state index contributed by atoms with van der Waals surface area (Å²) in [5.41, 5.74) is -0.689. The number of benzene rings is 2. The first-order chi connectivity index (χ1) is 18.4. The predicted molar refractivity (Wildman–Crippen MR) is 132 cm³/mol. The predicted octanol–water partition coefficient (Wildman–Crippen LogP) is 5.46. The van der Waals surface area contributed by atoms with E-state index < -0.39 is 40.9 Å². The number of hydrogen-bond donors (Lipinski definition) is 1. The van der Waals surface area contributed by atoms with Crippen LogP contribution in [0.3, 0.4) is 0 Å². The fraction of sp³-hybridized carbons (Fsp3) is 0.214. The molecule has 1 aliphatic carbocycles. The molecule has 1 N–H and O–H groups in total. The number of aromatic nitrogens is 2. The van der Waals surface area contributed by atoms with E-state index in [1.54, 1.807) is 12.2 Å². The van der Waals surface area contributed by atoms with Crippen LogP contribution >= 0.6 is 0 Å². The van der Waals surface area contributed by atoms with Crippen LogP contribution in [-0.2, 0) is 19.8 Å². The van der Waals surface area contributed by atoms with E-state index in [1.165, 1.54) is 36.7 Å². The van der Waals surface area contributed by atoms with E-state index in [-0.39, 0.29) is 29.4 Å². The highest BCUT2D eigenvalue weighted by Crippen LogP contribution is 2.36. The van der Waals surface area contributed by atoms with Crippen LogP contribution in [-0.4, -0.2) is 20.8 Å². The van der Waals surface area contributed by atoms with Crippen molar-refractivity contribution in [3.8, 4) is 29.2 Å². The maximum atomic E-state index is 14.7. The molecule has 11 heteroatoms. The van der Waals surface area contributed by atoms with Crippen molar-refractivity contribution < 1.29 is 36.5 Å². The van der Waals surface area contributed by atoms with Crippen LogP contribution in [0.15, 0.2) is 59.4 Å². The molecule has 1 aromatic heterocycles. The first-order valence-electron chi connectivity index (χ1n) is 11.5. The van der Waals surface area contributed by atoms with Crippen molar-refractivity contribution >= 4 is 5.57 Å². The first kappa shape index (κ1) is 27.6. The smallest absolute Gasteiger partial charge is 0.416 e. The van der Waals surface area contributed by atoms with E-state index in [9.17, 15) is 31.9 Å². The van der Waals surface area contributed by atoms with Crippen LogP contribution in [0.2, 0.25) is 0 Å². The molecular weight excluding hydrogens is 523 g/mol. The lowest BCUT2D eigenvalue weighted by Crippen LogP contribution is -2.23. The topological polar surface area (TPSA) is 73.6 Å². The van der Waals surface area contributed by atoms with Crippen LogP contribution in [0, 0.1) is 30.4 Å². The molecule has 1 aliphatic rings. The summed E-state index contributed by atoms with van der Waals surface area (Å²) in [4.78, 5) is 16.2. The standard InChI is InChI=1S/C28H21F5N2O4/c1-16-7-10-20(13-21(16)28(31,32)33)39-26-22(29)11-17(12-23(26)30)15-38-25-14-24(35(2)27(37)34-25)18-5-3-4-6-19(36)9-8-18/h5,7-14,19,36H,3,15H2,1-2H3/t19-/m0/s1. The molecule has 39 heavy (non-hydrogen) atoms. The second kappa shape index (κ2) is 11.1. The molecular formula is C28H21F5N2O4. The van der Waals surface area contributed by atoms with Crippen LogP contribution in [0.25, 0.3) is 5.57 Å². The van der Waals surface area contributed by atoms with Crippen molar-refractivity contribution in [1.29, 1.82) is 0 Å². The Morgan fingerprint density at radius 1 is 1.15 bits per heavy atom. The molecule has 3 aromatic rings. The van der Waals surface area contributed by atoms with Gasteiger partial charge in [-0.25, -0.2) is 13.6 Å². The Kier molecular flexibility index (Phi) is 7.88. The highest BCUT2D eigenvalue weighted by molar-refractivity contribution is 5.73. The van der Waals surface area contributed by atoms with Gasteiger partial charge in [-0.05, 0) is 54.0 Å². The molecule has 4 rings (SSSR count). The third-order valence-electron chi connectivity index (χ3n) is 5.72. The minimum absolute atomic E-state index is 0.0183. The molecule has 0 bridgehead atoms. The third-order valence-corrected chi connectivity index (χ3v) is 5.72. The zero-order valence-electron chi connectivity index (χ0n) is 20.6. The Balaban J connectivity index is 1.54. The molecule has 202 valence electrons. The second-order valence-corrected chi connectivity index (χ2v) is 8.56. The quantitative estimate of drug-likeness (QED) is 0.330. The molecule has 0 unspecified atom stereocenters. The fourth-order valence-electron chi connectivity index (χ4n) is 3.73. The summed E-state index contributed by atoms with van der Waals surface area (Å²) >= 11 is 0. The fourth-order valence-corrected chi connectivity index (χ4v) is 3.73. The molecule has 0 saturated heterocycles. The van der Waals surface area contributed by atoms with Crippen LogP contribution in [0.1, 0.15) is 28.8 Å². The van der Waals surface area contributed by atoms with Crippen molar-refractivity contribution in [2.45, 2.75) is 32.2 Å². The first-order valence-corrected chi connectivity index (χ1v) is 11.5. The minimum atomic E-state index is -4.66. The molecule has 0 amide bonds. The maximum Gasteiger partial charge on any atom is 0.416 e. The van der Waals surface area contributed by atoms with Gasteiger partial charge in [0.2, 0.25) is 5.88 Å². The van der Waals surface area contributed by atoms with Crippen molar-refractivity contribution in [2.75, 3.05) is 0 Å². The monoisotopic (exact) mass is 544 g/mol. The highest BCUT2D eigenvalue weighted by atomic mass is 19.4. The number of aryl methyl sites for hydroxylation is 1. The zero-order valence-corrected chi connectivity index (χ0v) is 20.6. The summed E-state index contributed by atoms with van der Waals surface area (Å²) in [6, 6.07) is 6.24. The number of hydrogen-bond acceptors (Lipinski definition) is 5. The molecule has 2 aromatic carbocycles. The second-order valence-electron chi connectivity index (χ2n) is 8.56. The van der Waals surface area contributed by atoms with E-state index in [0.717, 1.165) is 18.2 Å². The van der Waals surface area contributed by atoms with Gasteiger partial charge in [0.05, 0.1) is 11.3 Å². The number of aliphatic hydroxyl groups excluding tert-OH is 1. The number of aliphatic hydroxyl groups is 1. The lowest BCUT2D eigenvalue weighted by molar-refractivity contribution is -0.138. The molecule has 0 aliphatic heterocycles. The molecule has 1 atom stereocenters. The van der Waals surface area contributed by atoms with Gasteiger partial charge < -0.3 is 14.6 Å². The third kappa shape index (κ3) is 6.53. The zero-order chi connectivity index (χ0) is 28.3. The van der Waals surface area contributed by atoms with Gasteiger partial charge in [0.15, 0.2) is 17.4 Å². The van der Waals surface area contributed by atoms with E-state index in [4.69, 9.17) is 9.47 Å². The number of rotatable bonds is 6. The molecule has 0 spiro atoms. The van der Waals surface area contributed by atoms with Gasteiger partial charge in [-0.15, -0.1) is 0 Å². The summed E-state index contributed by atoms with van der Waals surface area (Å²) in [7, 11) is 1.50. The molecule has 6 nitrogen and oxygen atoms in total. The Morgan fingerprint density at radius 3 is 2.56 bits per heavy atom. The molecule has 1 heterocycles. The van der Waals surface area contributed by atoms with E-state index in [0.29, 0.717) is 23.8 Å². The summed E-state index contributed by atoms with van der Waals surface area (Å²) in [5, 5.41) is 9.76. The van der Waals surface area contributed by atoms with E-state index >= 15 is 0 Å². The largest absolute Gasteiger partial charge is 0.473 e. The Labute approximate surface area is 219 Å². The highest BCUT2D eigenvalue weighted by Gasteiger charge is 2.33. The Hall–Kier alpha value is -4.43. The van der Waals surface area contributed by atoms with Crippen LogP contribution in [0.4, 0.5) is 22.0 Å². The Morgan fingerprint density at radius 2 is 1.87 bits per heavy atom. The Bertz CT molecular complexity index is 1570. The van der Waals surface area contributed by atoms with Crippen molar-refractivity contribution in [3.63, 3.8) is 0 Å². The lowest BCUT2D eigenvalue weighted by Gasteiger charge is -2.14. The van der Waals surface area contributed by atoms with Gasteiger partial charge in [0.25, 0.3) is 0 Å². The average molecular weight is 544 g/mol. The number of allylic oxidation sites excluding steroid dienone is 3. The van der Waals surface area contributed by atoms with Gasteiger partial charge in [0.1, 0.15) is 18.5 Å². The molecule has 0 saturated carbocycles. The average Bonchev–Trinajstić information content (AvgIpc) is 2.85. The van der Waals surface area contributed by atoms with Crippen LogP contribution in [0.5, 0.6) is 17.4 Å². The van der Waals surface area contributed by atoms with Crippen molar-refractivity contribution in [1.82, 2.24) is 9.55 Å². The van der Waals surface area contributed by atoms with Crippen molar-refractivity contribution in [2.24, 2.45) is 7.05 Å². The summed E-state index contributed by atoms with van der Waals surface area (Å²) in [6.07, 6.45) is -0.478. The summed E-state index contributed by atoms with van der Waals surface area (Å²) in [5.74, 6) is 1.70. The van der Waals surface area contributed by atoms with Gasteiger partial charge in [0, 0.05) is 19.5 Å². The number of nitrogens with zero attached hydrogens (tertiary/aromatic N) is 2. The molecule has 0 radical (unpaired) electrons. The van der Waals surface area contributed by atoms with Gasteiger partial charge in [-0.3, -0.25) is 4.57 Å². The number of halogens is 5. The van der Waals surface area contributed by atoms with Gasteiger partial charge in [-0.2, -0.15) is 18.2 Å². The van der Waals surface area contributed by atoms with Gasteiger partial charge in [-0.1, -0.05) is 30.1 Å².